The average molecular weight is 229 g/mol. The number of rotatable bonds is 2. The monoisotopic (exact) mass is 229 g/mol. The lowest BCUT2D eigenvalue weighted by atomic mass is 10.0. The Labute approximate surface area is 102 Å². The predicted octanol–water partition coefficient (Wildman–Crippen LogP) is 3.58. The topological polar surface area (TPSA) is 38.7 Å². The van der Waals surface area contributed by atoms with Gasteiger partial charge >= 0.3 is 0 Å². The van der Waals surface area contributed by atoms with Gasteiger partial charge < -0.3 is 0 Å². The summed E-state index contributed by atoms with van der Waals surface area (Å²) in [5.41, 5.74) is 3.08. The fraction of sp³-hybridized carbons (Fsp3) is 0.500. The van der Waals surface area contributed by atoms with Crippen molar-refractivity contribution in [2.24, 2.45) is 0 Å². The molecular formula is C14H19N3. The zero-order valence-corrected chi connectivity index (χ0v) is 11.2. The van der Waals surface area contributed by atoms with Crippen molar-refractivity contribution in [2.45, 2.75) is 46.5 Å². The second kappa shape index (κ2) is 4.40. The molecular weight excluding hydrogens is 210 g/mol. The van der Waals surface area contributed by atoms with Gasteiger partial charge in [-0.3, -0.25) is 0 Å². The van der Waals surface area contributed by atoms with Crippen molar-refractivity contribution in [2.75, 3.05) is 0 Å². The van der Waals surface area contributed by atoms with E-state index >= 15 is 0 Å². The van der Waals surface area contributed by atoms with E-state index in [0.717, 1.165) is 28.1 Å². The van der Waals surface area contributed by atoms with Crippen molar-refractivity contribution in [1.29, 1.82) is 0 Å². The molecule has 2 aromatic rings. The highest BCUT2D eigenvalue weighted by Gasteiger charge is 2.13. The van der Waals surface area contributed by atoms with E-state index in [4.69, 9.17) is 0 Å². The third-order valence-electron chi connectivity index (χ3n) is 2.80. The minimum Gasteiger partial charge on any atom is -0.237 e. The Morgan fingerprint density at radius 2 is 1.71 bits per heavy atom. The molecule has 0 saturated carbocycles. The number of aryl methyl sites for hydroxylation is 1. The Bertz CT molecular complexity index is 544. The van der Waals surface area contributed by atoms with Crippen LogP contribution in [0.15, 0.2) is 12.3 Å². The molecule has 0 radical (unpaired) electrons. The molecule has 0 aliphatic rings. The van der Waals surface area contributed by atoms with Gasteiger partial charge in [-0.15, -0.1) is 0 Å². The van der Waals surface area contributed by atoms with Gasteiger partial charge in [-0.2, -0.15) is 0 Å². The molecule has 0 amide bonds. The summed E-state index contributed by atoms with van der Waals surface area (Å²) in [5, 5.41) is 1.09. The first-order valence-electron chi connectivity index (χ1n) is 6.13. The van der Waals surface area contributed by atoms with Gasteiger partial charge in [0.15, 0.2) is 5.65 Å². The molecule has 0 N–H and O–H groups in total. The van der Waals surface area contributed by atoms with E-state index in [1.165, 1.54) is 0 Å². The molecule has 2 aromatic heterocycles. The van der Waals surface area contributed by atoms with Crippen molar-refractivity contribution in [1.82, 2.24) is 15.0 Å². The largest absolute Gasteiger partial charge is 0.237 e. The summed E-state index contributed by atoms with van der Waals surface area (Å²) in [6.07, 6.45) is 1.86. The lowest BCUT2D eigenvalue weighted by Gasteiger charge is -2.12. The summed E-state index contributed by atoms with van der Waals surface area (Å²) in [6.45, 7) is 10.6. The molecule has 0 aliphatic carbocycles. The molecule has 2 heterocycles. The molecule has 0 saturated heterocycles. The summed E-state index contributed by atoms with van der Waals surface area (Å²) in [7, 11) is 0. The summed E-state index contributed by atoms with van der Waals surface area (Å²) < 4.78 is 0. The van der Waals surface area contributed by atoms with E-state index in [1.54, 1.807) is 0 Å². The standard InChI is InChI=1S/C14H19N3/c1-8(2)12-11-6-10(5)7-15-14(11)17-13(16-12)9(3)4/h6-9H,1-5H3. The number of fused-ring (bicyclic) bond motifs is 1. The van der Waals surface area contributed by atoms with Crippen LogP contribution in [-0.4, -0.2) is 15.0 Å². The number of hydrogen-bond donors (Lipinski definition) is 0. The van der Waals surface area contributed by atoms with Crippen molar-refractivity contribution in [3.05, 3.63) is 29.3 Å². The second-order valence-corrected chi connectivity index (χ2v) is 5.16. The van der Waals surface area contributed by atoms with Gasteiger partial charge in [-0.1, -0.05) is 27.7 Å². The maximum absolute atomic E-state index is 4.69. The zero-order chi connectivity index (χ0) is 12.6. The SMILES string of the molecule is Cc1cnc2nc(C(C)C)nc(C(C)C)c2c1. The van der Waals surface area contributed by atoms with Gasteiger partial charge in [0.25, 0.3) is 0 Å². The Hall–Kier alpha value is -1.51. The van der Waals surface area contributed by atoms with E-state index in [9.17, 15) is 0 Å². The van der Waals surface area contributed by atoms with Crippen molar-refractivity contribution >= 4 is 11.0 Å². The molecule has 2 rings (SSSR count). The lowest BCUT2D eigenvalue weighted by molar-refractivity contribution is 0.740. The van der Waals surface area contributed by atoms with Gasteiger partial charge in [0, 0.05) is 17.5 Å². The fourth-order valence-electron chi connectivity index (χ4n) is 1.86. The van der Waals surface area contributed by atoms with Crippen LogP contribution in [0, 0.1) is 6.92 Å². The Balaban J connectivity index is 2.76. The highest BCUT2D eigenvalue weighted by atomic mass is 15.0. The first kappa shape index (κ1) is 12.0. The minimum atomic E-state index is 0.333. The van der Waals surface area contributed by atoms with Crippen LogP contribution in [0.3, 0.4) is 0 Å². The lowest BCUT2D eigenvalue weighted by Crippen LogP contribution is -2.05. The highest BCUT2D eigenvalue weighted by Crippen LogP contribution is 2.24. The third-order valence-corrected chi connectivity index (χ3v) is 2.80. The van der Waals surface area contributed by atoms with E-state index in [1.807, 2.05) is 13.1 Å². The van der Waals surface area contributed by atoms with Gasteiger partial charge in [0.1, 0.15) is 5.82 Å². The molecule has 0 spiro atoms. The fourth-order valence-corrected chi connectivity index (χ4v) is 1.86. The number of hydrogen-bond acceptors (Lipinski definition) is 3. The van der Waals surface area contributed by atoms with Crippen LogP contribution in [0.5, 0.6) is 0 Å². The molecule has 0 bridgehead atoms. The van der Waals surface area contributed by atoms with Crippen LogP contribution in [0.25, 0.3) is 11.0 Å². The Morgan fingerprint density at radius 1 is 1.00 bits per heavy atom. The van der Waals surface area contributed by atoms with Crippen LogP contribution in [0.2, 0.25) is 0 Å². The minimum absolute atomic E-state index is 0.333. The van der Waals surface area contributed by atoms with Gasteiger partial charge in [-0.05, 0) is 24.5 Å². The summed E-state index contributed by atoms with van der Waals surface area (Å²) in [5.74, 6) is 1.61. The average Bonchev–Trinajstić information content (AvgIpc) is 2.27. The Morgan fingerprint density at radius 3 is 2.29 bits per heavy atom. The zero-order valence-electron chi connectivity index (χ0n) is 11.2. The first-order chi connectivity index (χ1) is 7.99. The smallest absolute Gasteiger partial charge is 0.163 e. The third kappa shape index (κ3) is 2.28. The summed E-state index contributed by atoms with van der Waals surface area (Å²) >= 11 is 0. The normalized spacial score (nSPS) is 11.7. The maximum atomic E-state index is 4.69. The highest BCUT2D eigenvalue weighted by molar-refractivity contribution is 5.78. The molecule has 90 valence electrons. The summed E-state index contributed by atoms with van der Waals surface area (Å²) in [4.78, 5) is 13.6. The Kier molecular flexibility index (Phi) is 3.09. The van der Waals surface area contributed by atoms with Crippen molar-refractivity contribution in [3.8, 4) is 0 Å². The predicted molar refractivity (Wildman–Crippen MR) is 70.2 cm³/mol. The van der Waals surface area contributed by atoms with Gasteiger partial charge in [0.05, 0.1) is 5.69 Å². The molecule has 0 atom stereocenters. The number of pyridine rings is 1. The van der Waals surface area contributed by atoms with Crippen LogP contribution in [-0.2, 0) is 0 Å². The molecule has 0 fully saturated rings. The van der Waals surface area contributed by atoms with E-state index in [-0.39, 0.29) is 0 Å². The van der Waals surface area contributed by atoms with Gasteiger partial charge in [0.2, 0.25) is 0 Å². The molecule has 3 heteroatoms. The quantitative estimate of drug-likeness (QED) is 0.790. The van der Waals surface area contributed by atoms with Crippen LogP contribution >= 0.6 is 0 Å². The van der Waals surface area contributed by atoms with Gasteiger partial charge in [-0.25, -0.2) is 15.0 Å². The molecule has 17 heavy (non-hydrogen) atoms. The molecule has 0 aromatic carbocycles. The van der Waals surface area contributed by atoms with E-state index < -0.39 is 0 Å². The van der Waals surface area contributed by atoms with Crippen LogP contribution in [0.1, 0.15) is 56.6 Å². The maximum Gasteiger partial charge on any atom is 0.163 e. The molecule has 3 nitrogen and oxygen atoms in total. The van der Waals surface area contributed by atoms with Crippen molar-refractivity contribution < 1.29 is 0 Å². The van der Waals surface area contributed by atoms with Crippen molar-refractivity contribution in [3.63, 3.8) is 0 Å². The van der Waals surface area contributed by atoms with E-state index in [0.29, 0.717) is 11.8 Å². The molecule has 0 aliphatic heterocycles. The van der Waals surface area contributed by atoms with Crippen LogP contribution < -0.4 is 0 Å². The first-order valence-corrected chi connectivity index (χ1v) is 6.13. The number of aromatic nitrogens is 3. The van der Waals surface area contributed by atoms with E-state index in [2.05, 4.69) is 48.7 Å². The second-order valence-electron chi connectivity index (χ2n) is 5.16. The summed E-state index contributed by atoms with van der Waals surface area (Å²) in [6, 6.07) is 2.13. The van der Waals surface area contributed by atoms with Crippen LogP contribution in [0.4, 0.5) is 0 Å². The number of nitrogens with zero attached hydrogens (tertiary/aromatic N) is 3. The molecule has 0 unspecified atom stereocenters.